The fraction of sp³-hybridized carbons (Fsp3) is 0.714. The zero-order valence-electron chi connectivity index (χ0n) is 6.59. The maximum atomic E-state index is 12.4. The summed E-state index contributed by atoms with van der Waals surface area (Å²) in [7, 11) is 0. The molecule has 0 rings (SSSR count). The fourth-order valence-electron chi connectivity index (χ4n) is 0.891. The Balaban J connectivity index is 4.80. The van der Waals surface area contributed by atoms with Gasteiger partial charge in [0.2, 0.25) is 0 Å². The maximum Gasteiger partial charge on any atom is 0.275 e. The van der Waals surface area contributed by atoms with Crippen molar-refractivity contribution in [3.05, 3.63) is 11.7 Å². The van der Waals surface area contributed by atoms with E-state index in [1.54, 1.807) is 0 Å². The molecule has 0 nitrogen and oxygen atoms in total. The number of halogens is 4. The lowest BCUT2D eigenvalue weighted by Crippen LogP contribution is -2.19. The van der Waals surface area contributed by atoms with Crippen molar-refractivity contribution in [3.8, 4) is 0 Å². The Bertz CT molecular complexity index is 160. The van der Waals surface area contributed by atoms with Crippen LogP contribution in [0.3, 0.4) is 0 Å². The number of allylic oxidation sites excluding steroid dienone is 1. The van der Waals surface area contributed by atoms with Crippen molar-refractivity contribution >= 4 is 0 Å². The SMILES string of the molecule is CC(C)C(=C(F)F)C(C)(F)F. The van der Waals surface area contributed by atoms with E-state index in [4.69, 9.17) is 0 Å². The molecule has 0 aromatic rings. The molecule has 0 aliphatic rings. The van der Waals surface area contributed by atoms with Crippen LogP contribution >= 0.6 is 0 Å². The lowest BCUT2D eigenvalue weighted by atomic mass is 9.99. The van der Waals surface area contributed by atoms with Gasteiger partial charge in [0.25, 0.3) is 12.0 Å². The second kappa shape index (κ2) is 3.24. The smallest absolute Gasteiger partial charge is 0.202 e. The molecule has 0 aromatic heterocycles. The van der Waals surface area contributed by atoms with Gasteiger partial charge in [-0.05, 0) is 5.92 Å². The second-order valence-electron chi connectivity index (χ2n) is 2.72. The summed E-state index contributed by atoms with van der Waals surface area (Å²) >= 11 is 0. The van der Waals surface area contributed by atoms with Gasteiger partial charge in [-0.3, -0.25) is 0 Å². The highest BCUT2D eigenvalue weighted by Gasteiger charge is 2.33. The standard InChI is InChI=1S/C7H10F4/c1-4(2)5(6(8)9)7(3,10)11/h4H,1-3H3. The van der Waals surface area contributed by atoms with Gasteiger partial charge in [0, 0.05) is 6.92 Å². The van der Waals surface area contributed by atoms with Crippen molar-refractivity contribution in [2.75, 3.05) is 0 Å². The average molecular weight is 170 g/mol. The third kappa shape index (κ3) is 2.91. The van der Waals surface area contributed by atoms with Crippen LogP contribution < -0.4 is 0 Å². The zero-order chi connectivity index (χ0) is 9.23. The van der Waals surface area contributed by atoms with Crippen LogP contribution in [-0.4, -0.2) is 5.92 Å². The van der Waals surface area contributed by atoms with Gasteiger partial charge in [0.05, 0.1) is 5.57 Å². The molecule has 0 radical (unpaired) electrons. The van der Waals surface area contributed by atoms with Crippen LogP contribution in [0.15, 0.2) is 11.7 Å². The van der Waals surface area contributed by atoms with Gasteiger partial charge in [-0.2, -0.15) is 8.78 Å². The maximum absolute atomic E-state index is 12.4. The molecule has 0 aliphatic heterocycles. The normalized spacial score (nSPS) is 12.0. The van der Waals surface area contributed by atoms with Gasteiger partial charge in [-0.15, -0.1) is 0 Å². The van der Waals surface area contributed by atoms with Gasteiger partial charge in [0.1, 0.15) is 0 Å². The van der Waals surface area contributed by atoms with Crippen molar-refractivity contribution in [2.45, 2.75) is 26.7 Å². The molecule has 0 heterocycles. The average Bonchev–Trinajstić information content (AvgIpc) is 1.54. The summed E-state index contributed by atoms with van der Waals surface area (Å²) in [5.41, 5.74) is -1.07. The minimum Gasteiger partial charge on any atom is -0.202 e. The summed E-state index contributed by atoms with van der Waals surface area (Å²) in [6.07, 6.45) is -2.27. The number of hydrogen-bond donors (Lipinski definition) is 0. The van der Waals surface area contributed by atoms with Gasteiger partial charge in [-0.1, -0.05) is 13.8 Å². The molecule has 0 saturated heterocycles. The van der Waals surface area contributed by atoms with Gasteiger partial charge in [-0.25, -0.2) is 8.78 Å². The van der Waals surface area contributed by atoms with Crippen LogP contribution in [0.25, 0.3) is 0 Å². The van der Waals surface area contributed by atoms with Crippen LogP contribution in [0.1, 0.15) is 20.8 Å². The molecule has 0 aliphatic carbocycles. The molecule has 0 amide bonds. The van der Waals surface area contributed by atoms with E-state index in [-0.39, 0.29) is 0 Å². The molecule has 0 fully saturated rings. The summed E-state index contributed by atoms with van der Waals surface area (Å²) in [5, 5.41) is 0. The summed E-state index contributed by atoms with van der Waals surface area (Å²) in [6, 6.07) is 0. The first-order valence-corrected chi connectivity index (χ1v) is 3.20. The highest BCUT2D eigenvalue weighted by atomic mass is 19.3. The first-order chi connectivity index (χ1) is 4.76. The molecule has 0 atom stereocenters. The van der Waals surface area contributed by atoms with Crippen molar-refractivity contribution in [1.29, 1.82) is 0 Å². The van der Waals surface area contributed by atoms with E-state index in [2.05, 4.69) is 0 Å². The Morgan fingerprint density at radius 1 is 1.18 bits per heavy atom. The number of hydrogen-bond acceptors (Lipinski definition) is 0. The molecule has 4 heteroatoms. The van der Waals surface area contributed by atoms with E-state index >= 15 is 0 Å². The minimum atomic E-state index is -3.41. The third-order valence-corrected chi connectivity index (χ3v) is 1.25. The quantitative estimate of drug-likeness (QED) is 0.557. The van der Waals surface area contributed by atoms with Crippen molar-refractivity contribution < 1.29 is 17.6 Å². The van der Waals surface area contributed by atoms with Crippen LogP contribution in [0.5, 0.6) is 0 Å². The fourth-order valence-corrected chi connectivity index (χ4v) is 0.891. The van der Waals surface area contributed by atoms with Crippen molar-refractivity contribution in [2.24, 2.45) is 5.92 Å². The Morgan fingerprint density at radius 3 is 1.55 bits per heavy atom. The Kier molecular flexibility index (Phi) is 3.08. The minimum absolute atomic E-state index is 0.474. The summed E-state index contributed by atoms with van der Waals surface area (Å²) in [4.78, 5) is 0. The molecule has 0 bridgehead atoms. The highest BCUT2D eigenvalue weighted by Crippen LogP contribution is 2.32. The van der Waals surface area contributed by atoms with E-state index in [1.165, 1.54) is 13.8 Å². The summed E-state index contributed by atoms with van der Waals surface area (Å²) in [5.74, 6) is -4.23. The van der Waals surface area contributed by atoms with Gasteiger partial charge >= 0.3 is 0 Å². The van der Waals surface area contributed by atoms with E-state index in [1.807, 2.05) is 0 Å². The van der Waals surface area contributed by atoms with E-state index in [0.29, 0.717) is 6.92 Å². The topological polar surface area (TPSA) is 0 Å². The third-order valence-electron chi connectivity index (χ3n) is 1.25. The number of alkyl halides is 2. The Hall–Kier alpha value is -0.540. The monoisotopic (exact) mass is 170 g/mol. The lowest BCUT2D eigenvalue weighted by Gasteiger charge is -2.16. The predicted molar refractivity (Wildman–Crippen MR) is 34.7 cm³/mol. The van der Waals surface area contributed by atoms with E-state index < -0.39 is 23.5 Å². The predicted octanol–water partition coefficient (Wildman–Crippen LogP) is 3.45. The molecular weight excluding hydrogens is 160 g/mol. The molecule has 0 spiro atoms. The molecule has 0 aromatic carbocycles. The molecule has 0 saturated carbocycles. The van der Waals surface area contributed by atoms with Crippen LogP contribution in [0, 0.1) is 5.92 Å². The zero-order valence-corrected chi connectivity index (χ0v) is 6.59. The first-order valence-electron chi connectivity index (χ1n) is 3.20. The lowest BCUT2D eigenvalue weighted by molar-refractivity contribution is 0.0470. The Labute approximate surface area is 62.9 Å². The van der Waals surface area contributed by atoms with Crippen molar-refractivity contribution in [3.63, 3.8) is 0 Å². The Morgan fingerprint density at radius 2 is 1.55 bits per heavy atom. The summed E-state index contributed by atoms with van der Waals surface area (Å²) < 4.78 is 48.4. The highest BCUT2D eigenvalue weighted by molar-refractivity contribution is 5.14. The van der Waals surface area contributed by atoms with Gasteiger partial charge in [0.15, 0.2) is 0 Å². The van der Waals surface area contributed by atoms with Crippen molar-refractivity contribution in [1.82, 2.24) is 0 Å². The largest absolute Gasteiger partial charge is 0.275 e. The van der Waals surface area contributed by atoms with Crippen LogP contribution in [0.4, 0.5) is 17.6 Å². The van der Waals surface area contributed by atoms with Crippen LogP contribution in [-0.2, 0) is 0 Å². The van der Waals surface area contributed by atoms with E-state index in [9.17, 15) is 17.6 Å². The first kappa shape index (κ1) is 10.5. The molecule has 66 valence electrons. The van der Waals surface area contributed by atoms with Gasteiger partial charge < -0.3 is 0 Å². The molecular formula is C7H10F4. The van der Waals surface area contributed by atoms with Crippen LogP contribution in [0.2, 0.25) is 0 Å². The molecule has 0 unspecified atom stereocenters. The summed E-state index contributed by atoms with van der Waals surface area (Å²) in [6.45, 7) is 3.10. The van der Waals surface area contributed by atoms with E-state index in [0.717, 1.165) is 0 Å². The number of rotatable bonds is 2. The second-order valence-corrected chi connectivity index (χ2v) is 2.72. The molecule has 0 N–H and O–H groups in total. The molecule has 11 heavy (non-hydrogen) atoms.